The van der Waals surface area contributed by atoms with Crippen LogP contribution in [0.15, 0.2) is 48.9 Å². The first-order chi connectivity index (χ1) is 19.2. The van der Waals surface area contributed by atoms with Crippen LogP contribution >= 0.6 is 23.2 Å². The summed E-state index contributed by atoms with van der Waals surface area (Å²) in [5, 5.41) is 13.0. The van der Waals surface area contributed by atoms with Gasteiger partial charge in [0.05, 0.1) is 34.3 Å². The topological polar surface area (TPSA) is 122 Å². The lowest BCUT2D eigenvalue weighted by molar-refractivity contribution is -0.138. The number of carbonyl (C=O) groups is 3. The molecule has 2 N–H and O–H groups in total. The molecule has 41 heavy (non-hydrogen) atoms. The van der Waals surface area contributed by atoms with Crippen LogP contribution in [0.5, 0.6) is 5.75 Å². The zero-order chi connectivity index (χ0) is 30.5. The number of methoxy groups -OCH3 is 1. The lowest BCUT2D eigenvalue weighted by Crippen LogP contribution is -2.42. The Labute approximate surface area is 249 Å². The van der Waals surface area contributed by atoms with Gasteiger partial charge in [-0.25, -0.2) is 4.98 Å². The molecule has 1 aromatic carbocycles. The van der Waals surface area contributed by atoms with E-state index in [1.807, 2.05) is 34.6 Å². The van der Waals surface area contributed by atoms with Crippen LogP contribution in [-0.4, -0.2) is 46.5 Å². The molecule has 0 aliphatic rings. The molecule has 3 rings (SSSR count). The van der Waals surface area contributed by atoms with Gasteiger partial charge in [-0.15, -0.1) is 0 Å². The van der Waals surface area contributed by atoms with Crippen molar-refractivity contribution >= 4 is 52.5 Å². The summed E-state index contributed by atoms with van der Waals surface area (Å²) < 4.78 is 5.57. The van der Waals surface area contributed by atoms with Crippen LogP contribution < -0.4 is 15.0 Å². The fourth-order valence-corrected chi connectivity index (χ4v) is 4.74. The highest BCUT2D eigenvalue weighted by Crippen LogP contribution is 2.36. The number of hydrogen-bond donors (Lipinski definition) is 2. The SMILES string of the molecule is COc1ccc(C(Cc2ccc(NC(=O)c3c(Cl)cncc3Cl)nc2)C(=O)O)cc1N(CC(C)C)C(=O)C(C)(C)C. The molecular weight excluding hydrogens is 567 g/mol. The van der Waals surface area contributed by atoms with Gasteiger partial charge in [-0.3, -0.25) is 19.4 Å². The van der Waals surface area contributed by atoms with Crippen molar-refractivity contribution in [1.29, 1.82) is 0 Å². The number of carboxylic acids is 1. The van der Waals surface area contributed by atoms with Crippen LogP contribution in [0.4, 0.5) is 11.5 Å². The Morgan fingerprint density at radius 2 is 1.71 bits per heavy atom. The summed E-state index contributed by atoms with van der Waals surface area (Å²) in [4.78, 5) is 48.3. The third-order valence-corrected chi connectivity index (χ3v) is 6.79. The molecular formula is C30H34Cl2N4O5. The van der Waals surface area contributed by atoms with Crippen molar-refractivity contribution in [1.82, 2.24) is 9.97 Å². The standard InChI is InChI=1S/C30H34Cl2N4O5/c1-17(2)16-36(29(40)30(3,4)5)23-12-19(8-9-24(23)41-6)20(28(38)39)11-18-7-10-25(34-13-18)35-27(37)26-21(31)14-33-15-22(26)32/h7-10,12-15,17,20H,11,16H2,1-6H3,(H,38,39)(H,34,35,37). The van der Waals surface area contributed by atoms with E-state index in [4.69, 9.17) is 27.9 Å². The molecule has 2 aromatic heterocycles. The molecule has 1 unspecified atom stereocenters. The second-order valence-electron chi connectivity index (χ2n) is 11.1. The first-order valence-electron chi connectivity index (χ1n) is 13.0. The average molecular weight is 602 g/mol. The average Bonchev–Trinajstić information content (AvgIpc) is 2.89. The summed E-state index contributed by atoms with van der Waals surface area (Å²) in [6, 6.07) is 8.36. The van der Waals surface area contributed by atoms with E-state index in [1.54, 1.807) is 35.2 Å². The second-order valence-corrected chi connectivity index (χ2v) is 11.9. The van der Waals surface area contributed by atoms with Gasteiger partial charge in [0.2, 0.25) is 5.91 Å². The second kappa shape index (κ2) is 13.3. The third-order valence-electron chi connectivity index (χ3n) is 6.22. The molecule has 3 aromatic rings. The highest BCUT2D eigenvalue weighted by molar-refractivity contribution is 6.40. The number of amides is 2. The van der Waals surface area contributed by atoms with Gasteiger partial charge in [-0.2, -0.15) is 0 Å². The molecule has 11 heteroatoms. The summed E-state index contributed by atoms with van der Waals surface area (Å²) in [7, 11) is 1.52. The molecule has 0 saturated carbocycles. The summed E-state index contributed by atoms with van der Waals surface area (Å²) in [5.41, 5.74) is 1.10. The zero-order valence-corrected chi connectivity index (χ0v) is 25.4. The predicted octanol–water partition coefficient (Wildman–Crippen LogP) is 6.49. The Morgan fingerprint density at radius 3 is 2.22 bits per heavy atom. The van der Waals surface area contributed by atoms with Crippen LogP contribution in [0.25, 0.3) is 0 Å². The lowest BCUT2D eigenvalue weighted by Gasteiger charge is -2.32. The normalized spacial score (nSPS) is 12.1. The largest absolute Gasteiger partial charge is 0.495 e. The van der Waals surface area contributed by atoms with Crippen molar-refractivity contribution < 1.29 is 24.2 Å². The maximum atomic E-state index is 13.4. The molecule has 2 heterocycles. The summed E-state index contributed by atoms with van der Waals surface area (Å²) in [6.07, 6.45) is 4.26. The summed E-state index contributed by atoms with van der Waals surface area (Å²) in [5.74, 6) is -1.71. The molecule has 0 bridgehead atoms. The lowest BCUT2D eigenvalue weighted by atomic mass is 9.90. The smallest absolute Gasteiger partial charge is 0.311 e. The minimum absolute atomic E-state index is 0.0758. The first-order valence-corrected chi connectivity index (χ1v) is 13.8. The number of aromatic nitrogens is 2. The van der Waals surface area contributed by atoms with Gasteiger partial charge in [0.25, 0.3) is 5.91 Å². The van der Waals surface area contributed by atoms with Gasteiger partial charge in [0.15, 0.2) is 0 Å². The van der Waals surface area contributed by atoms with Crippen LogP contribution in [0.1, 0.15) is 62.0 Å². The van der Waals surface area contributed by atoms with E-state index in [9.17, 15) is 19.5 Å². The minimum atomic E-state index is -1.03. The highest BCUT2D eigenvalue weighted by atomic mass is 35.5. The molecule has 9 nitrogen and oxygen atoms in total. The van der Waals surface area contributed by atoms with Gasteiger partial charge in [-0.05, 0) is 41.7 Å². The number of hydrogen-bond acceptors (Lipinski definition) is 6. The Morgan fingerprint density at radius 1 is 1.05 bits per heavy atom. The van der Waals surface area contributed by atoms with Gasteiger partial charge in [0.1, 0.15) is 11.6 Å². The van der Waals surface area contributed by atoms with Crippen LogP contribution in [0.2, 0.25) is 10.0 Å². The Hall–Kier alpha value is -3.69. The Kier molecular flexibility index (Phi) is 10.3. The minimum Gasteiger partial charge on any atom is -0.495 e. The molecule has 1 atom stereocenters. The summed E-state index contributed by atoms with van der Waals surface area (Å²) in [6.45, 7) is 10.0. The van der Waals surface area contributed by atoms with Gasteiger partial charge >= 0.3 is 5.97 Å². The van der Waals surface area contributed by atoms with Gasteiger partial charge in [-0.1, -0.05) is 70.0 Å². The van der Waals surface area contributed by atoms with Crippen LogP contribution in [0.3, 0.4) is 0 Å². The number of ether oxygens (including phenoxy) is 1. The number of carboxylic acid groups (broad SMARTS) is 1. The molecule has 0 aliphatic heterocycles. The monoisotopic (exact) mass is 600 g/mol. The van der Waals surface area contributed by atoms with Crippen molar-refractivity contribution in [2.75, 3.05) is 23.9 Å². The first kappa shape index (κ1) is 31.8. The van der Waals surface area contributed by atoms with Gasteiger partial charge in [0, 0.05) is 30.6 Å². The Balaban J connectivity index is 1.89. The maximum Gasteiger partial charge on any atom is 0.311 e. The number of nitrogens with zero attached hydrogens (tertiary/aromatic N) is 3. The quantitative estimate of drug-likeness (QED) is 0.272. The van der Waals surface area contributed by atoms with Crippen LogP contribution in [0, 0.1) is 11.3 Å². The molecule has 0 radical (unpaired) electrons. The highest BCUT2D eigenvalue weighted by Gasteiger charge is 2.31. The van der Waals surface area contributed by atoms with E-state index >= 15 is 0 Å². The Bertz CT molecular complexity index is 1400. The van der Waals surface area contributed by atoms with E-state index in [2.05, 4.69) is 15.3 Å². The molecule has 0 aliphatic carbocycles. The molecule has 218 valence electrons. The van der Waals surface area contributed by atoms with Crippen molar-refractivity contribution in [2.24, 2.45) is 11.3 Å². The number of anilines is 2. The number of halogens is 2. The maximum absolute atomic E-state index is 13.4. The fraction of sp³-hybridized carbons (Fsp3) is 0.367. The van der Waals surface area contributed by atoms with E-state index in [-0.39, 0.29) is 39.7 Å². The number of pyridine rings is 2. The molecule has 0 spiro atoms. The van der Waals surface area contributed by atoms with E-state index in [0.717, 1.165) is 0 Å². The number of aliphatic carboxylic acids is 1. The number of benzene rings is 1. The predicted molar refractivity (Wildman–Crippen MR) is 160 cm³/mol. The van der Waals surface area contributed by atoms with E-state index in [1.165, 1.54) is 25.7 Å². The van der Waals surface area contributed by atoms with E-state index in [0.29, 0.717) is 29.1 Å². The van der Waals surface area contributed by atoms with Crippen molar-refractivity contribution in [2.45, 2.75) is 47.0 Å². The number of nitrogens with one attached hydrogen (secondary N) is 1. The molecule has 0 fully saturated rings. The van der Waals surface area contributed by atoms with Crippen molar-refractivity contribution in [3.63, 3.8) is 0 Å². The number of carbonyl (C=O) groups excluding carboxylic acids is 2. The molecule has 0 saturated heterocycles. The zero-order valence-electron chi connectivity index (χ0n) is 23.9. The molecule has 2 amide bonds. The van der Waals surface area contributed by atoms with Crippen molar-refractivity contribution in [3.8, 4) is 5.75 Å². The summed E-state index contributed by atoms with van der Waals surface area (Å²) >= 11 is 12.1. The van der Waals surface area contributed by atoms with E-state index < -0.39 is 23.2 Å². The number of rotatable bonds is 10. The van der Waals surface area contributed by atoms with Gasteiger partial charge < -0.3 is 20.1 Å². The third kappa shape index (κ3) is 7.95. The fourth-order valence-electron chi connectivity index (χ4n) is 4.21. The van der Waals surface area contributed by atoms with Crippen LogP contribution in [-0.2, 0) is 16.0 Å². The van der Waals surface area contributed by atoms with Crippen molar-refractivity contribution in [3.05, 3.63) is 75.7 Å².